The molecule has 1 saturated carbocycles. The zero-order chi connectivity index (χ0) is 12.3. The fourth-order valence-electron chi connectivity index (χ4n) is 2.66. The van der Waals surface area contributed by atoms with Crippen molar-refractivity contribution in [3.63, 3.8) is 0 Å². The van der Waals surface area contributed by atoms with Crippen LogP contribution >= 0.6 is 15.9 Å². The quantitative estimate of drug-likeness (QED) is 0.753. The van der Waals surface area contributed by atoms with Crippen LogP contribution in [0.15, 0.2) is 22.7 Å². The summed E-state index contributed by atoms with van der Waals surface area (Å²) in [7, 11) is 0. The molecule has 0 aromatic heterocycles. The molecule has 0 spiro atoms. The van der Waals surface area contributed by atoms with Crippen LogP contribution in [0.4, 0.5) is 0 Å². The Morgan fingerprint density at radius 1 is 1.29 bits per heavy atom. The summed E-state index contributed by atoms with van der Waals surface area (Å²) < 4.78 is 7.33. The lowest BCUT2D eigenvalue weighted by molar-refractivity contribution is 0.0903. The van der Waals surface area contributed by atoms with Crippen molar-refractivity contribution < 1.29 is 4.74 Å². The van der Waals surface area contributed by atoms with E-state index in [1.165, 1.54) is 37.7 Å². The summed E-state index contributed by atoms with van der Waals surface area (Å²) >= 11 is 3.52. The van der Waals surface area contributed by atoms with E-state index in [4.69, 9.17) is 4.74 Å². The Kier molecular flexibility index (Phi) is 4.49. The molecule has 1 nitrogen and oxygen atoms in total. The monoisotopic (exact) mass is 296 g/mol. The molecule has 1 aromatic carbocycles. The molecule has 2 rings (SSSR count). The van der Waals surface area contributed by atoms with Crippen molar-refractivity contribution in [3.8, 4) is 5.75 Å². The maximum Gasteiger partial charge on any atom is 0.120 e. The van der Waals surface area contributed by atoms with Crippen LogP contribution in [0.1, 0.15) is 44.6 Å². The van der Waals surface area contributed by atoms with Gasteiger partial charge in [0.25, 0.3) is 0 Å². The molecule has 1 aliphatic carbocycles. The average Bonchev–Trinajstić information content (AvgIpc) is 2.34. The summed E-state index contributed by atoms with van der Waals surface area (Å²) in [5, 5.41) is 0. The predicted octanol–water partition coefficient (Wildman–Crippen LogP) is 5.11. The molecular formula is C15H21BrO. The zero-order valence-electron chi connectivity index (χ0n) is 10.7. The number of aryl methyl sites for hydroxylation is 1. The molecule has 0 N–H and O–H groups in total. The molecule has 0 radical (unpaired) electrons. The van der Waals surface area contributed by atoms with E-state index in [1.54, 1.807) is 0 Å². The standard InChI is InChI=1S/C15H21BrO/c1-3-12-6-4-5-7-15(12)17-13-8-9-14(16)11(2)10-13/h8-10,12,15H,3-7H2,1-2H3. The van der Waals surface area contributed by atoms with Gasteiger partial charge in [-0.1, -0.05) is 29.3 Å². The highest BCUT2D eigenvalue weighted by atomic mass is 79.9. The number of hydrogen-bond acceptors (Lipinski definition) is 1. The first-order valence-corrected chi connectivity index (χ1v) is 7.43. The minimum Gasteiger partial charge on any atom is -0.490 e. The Hall–Kier alpha value is -0.500. The topological polar surface area (TPSA) is 9.23 Å². The Morgan fingerprint density at radius 2 is 2.06 bits per heavy atom. The van der Waals surface area contributed by atoms with Gasteiger partial charge in [-0.2, -0.15) is 0 Å². The largest absolute Gasteiger partial charge is 0.490 e. The molecule has 2 unspecified atom stereocenters. The smallest absolute Gasteiger partial charge is 0.120 e. The molecular weight excluding hydrogens is 276 g/mol. The van der Waals surface area contributed by atoms with E-state index in [2.05, 4.69) is 48.0 Å². The van der Waals surface area contributed by atoms with E-state index in [0.29, 0.717) is 6.10 Å². The van der Waals surface area contributed by atoms with Crippen molar-refractivity contribution >= 4 is 15.9 Å². The fraction of sp³-hybridized carbons (Fsp3) is 0.600. The second kappa shape index (κ2) is 5.90. The molecule has 1 fully saturated rings. The van der Waals surface area contributed by atoms with E-state index in [1.807, 2.05) is 0 Å². The Morgan fingerprint density at radius 3 is 2.76 bits per heavy atom. The fourth-order valence-corrected chi connectivity index (χ4v) is 2.91. The minimum atomic E-state index is 0.425. The molecule has 94 valence electrons. The lowest BCUT2D eigenvalue weighted by atomic mass is 9.85. The molecule has 2 atom stereocenters. The molecule has 0 saturated heterocycles. The third kappa shape index (κ3) is 3.25. The van der Waals surface area contributed by atoms with Gasteiger partial charge in [-0.15, -0.1) is 0 Å². The van der Waals surface area contributed by atoms with Crippen LogP contribution in [0.5, 0.6) is 5.75 Å². The summed E-state index contributed by atoms with van der Waals surface area (Å²) in [4.78, 5) is 0. The van der Waals surface area contributed by atoms with Gasteiger partial charge in [-0.3, -0.25) is 0 Å². The first-order chi connectivity index (χ1) is 8.20. The number of halogens is 1. The summed E-state index contributed by atoms with van der Waals surface area (Å²) in [6.45, 7) is 4.38. The van der Waals surface area contributed by atoms with Gasteiger partial charge in [0.05, 0.1) is 0 Å². The molecule has 0 aliphatic heterocycles. The van der Waals surface area contributed by atoms with Crippen LogP contribution in [0, 0.1) is 12.8 Å². The number of ether oxygens (including phenoxy) is 1. The number of hydrogen-bond donors (Lipinski definition) is 0. The van der Waals surface area contributed by atoms with Crippen molar-refractivity contribution in [2.24, 2.45) is 5.92 Å². The molecule has 0 bridgehead atoms. The van der Waals surface area contributed by atoms with Crippen LogP contribution in [0.25, 0.3) is 0 Å². The Bertz CT molecular complexity index is 375. The summed E-state index contributed by atoms with van der Waals surface area (Å²) in [6.07, 6.45) is 6.90. The predicted molar refractivity (Wildman–Crippen MR) is 75.5 cm³/mol. The second-order valence-electron chi connectivity index (χ2n) is 5.02. The first kappa shape index (κ1) is 12.9. The van der Waals surface area contributed by atoms with E-state index >= 15 is 0 Å². The summed E-state index contributed by atoms with van der Waals surface area (Å²) in [5.74, 6) is 1.77. The van der Waals surface area contributed by atoms with E-state index in [0.717, 1.165) is 16.1 Å². The van der Waals surface area contributed by atoms with Crippen molar-refractivity contribution in [1.82, 2.24) is 0 Å². The SMILES string of the molecule is CCC1CCCCC1Oc1ccc(Br)c(C)c1. The Balaban J connectivity index is 2.05. The van der Waals surface area contributed by atoms with Gasteiger partial charge >= 0.3 is 0 Å². The van der Waals surface area contributed by atoms with Crippen LogP contribution in [-0.2, 0) is 0 Å². The molecule has 0 amide bonds. The van der Waals surface area contributed by atoms with Crippen LogP contribution < -0.4 is 4.74 Å². The van der Waals surface area contributed by atoms with Gasteiger partial charge < -0.3 is 4.74 Å². The lowest BCUT2D eigenvalue weighted by Crippen LogP contribution is -2.29. The number of benzene rings is 1. The van der Waals surface area contributed by atoms with Gasteiger partial charge in [-0.05, 0) is 62.3 Å². The number of rotatable bonds is 3. The van der Waals surface area contributed by atoms with Crippen LogP contribution in [-0.4, -0.2) is 6.10 Å². The second-order valence-corrected chi connectivity index (χ2v) is 5.87. The Labute approximate surface area is 113 Å². The highest BCUT2D eigenvalue weighted by molar-refractivity contribution is 9.10. The first-order valence-electron chi connectivity index (χ1n) is 6.63. The molecule has 1 aromatic rings. The van der Waals surface area contributed by atoms with E-state index < -0.39 is 0 Å². The van der Waals surface area contributed by atoms with Crippen molar-refractivity contribution in [2.75, 3.05) is 0 Å². The van der Waals surface area contributed by atoms with Crippen molar-refractivity contribution in [2.45, 2.75) is 52.1 Å². The van der Waals surface area contributed by atoms with E-state index in [-0.39, 0.29) is 0 Å². The third-order valence-corrected chi connectivity index (χ3v) is 4.67. The van der Waals surface area contributed by atoms with Gasteiger partial charge in [-0.25, -0.2) is 0 Å². The van der Waals surface area contributed by atoms with Gasteiger partial charge in [0, 0.05) is 4.47 Å². The summed E-state index contributed by atoms with van der Waals surface area (Å²) in [6, 6.07) is 6.28. The van der Waals surface area contributed by atoms with Crippen LogP contribution in [0.2, 0.25) is 0 Å². The zero-order valence-corrected chi connectivity index (χ0v) is 12.3. The highest BCUT2D eigenvalue weighted by Gasteiger charge is 2.25. The molecule has 17 heavy (non-hydrogen) atoms. The molecule has 1 aliphatic rings. The van der Waals surface area contributed by atoms with Crippen LogP contribution in [0.3, 0.4) is 0 Å². The van der Waals surface area contributed by atoms with E-state index in [9.17, 15) is 0 Å². The maximum absolute atomic E-state index is 6.17. The highest BCUT2D eigenvalue weighted by Crippen LogP contribution is 2.31. The summed E-state index contributed by atoms with van der Waals surface area (Å²) in [5.41, 5.74) is 1.24. The van der Waals surface area contributed by atoms with Gasteiger partial charge in [0.1, 0.15) is 11.9 Å². The van der Waals surface area contributed by atoms with Crippen molar-refractivity contribution in [3.05, 3.63) is 28.2 Å². The normalized spacial score (nSPS) is 24.6. The van der Waals surface area contributed by atoms with Gasteiger partial charge in [0.2, 0.25) is 0 Å². The maximum atomic E-state index is 6.17. The molecule has 0 heterocycles. The molecule has 2 heteroatoms. The third-order valence-electron chi connectivity index (χ3n) is 3.78. The van der Waals surface area contributed by atoms with Gasteiger partial charge in [0.15, 0.2) is 0 Å². The lowest BCUT2D eigenvalue weighted by Gasteiger charge is -2.31. The van der Waals surface area contributed by atoms with Crippen molar-refractivity contribution in [1.29, 1.82) is 0 Å². The average molecular weight is 297 g/mol. The minimum absolute atomic E-state index is 0.425.